The number of hydrogen-bond acceptors (Lipinski definition) is 0. The molecular formula is C35H24. The van der Waals surface area contributed by atoms with Crippen molar-refractivity contribution in [3.63, 3.8) is 0 Å². The number of benzene rings is 6. The fourth-order valence-electron chi connectivity index (χ4n) is 6.79. The number of fused-ring (bicyclic) bond motifs is 10. The quantitative estimate of drug-likeness (QED) is 0.219. The second-order valence-corrected chi connectivity index (χ2v) is 10.1. The van der Waals surface area contributed by atoms with Gasteiger partial charge in [-0.1, -0.05) is 116 Å². The molecule has 0 unspecified atom stereocenters. The van der Waals surface area contributed by atoms with Gasteiger partial charge in [-0.15, -0.1) is 0 Å². The summed E-state index contributed by atoms with van der Waals surface area (Å²) in [6, 6.07) is 40.7. The molecule has 0 heterocycles. The maximum Gasteiger partial charge on any atom is -0.00140 e. The summed E-state index contributed by atoms with van der Waals surface area (Å²) < 4.78 is 0. The summed E-state index contributed by atoms with van der Waals surface area (Å²) in [6.45, 7) is 2.41. The average molecular weight is 445 g/mol. The van der Waals surface area contributed by atoms with Crippen LogP contribution in [0.1, 0.15) is 29.2 Å². The highest BCUT2D eigenvalue weighted by molar-refractivity contribution is 6.23. The van der Waals surface area contributed by atoms with Gasteiger partial charge in [0, 0.05) is 0 Å². The van der Waals surface area contributed by atoms with E-state index < -0.39 is 0 Å². The lowest BCUT2D eigenvalue weighted by atomic mass is 9.87. The van der Waals surface area contributed by atoms with Crippen LogP contribution in [0.15, 0.2) is 109 Å². The Labute approximate surface area is 205 Å². The molecule has 0 aliphatic heterocycles. The Morgan fingerprint density at radius 2 is 0.943 bits per heavy atom. The van der Waals surface area contributed by atoms with Crippen molar-refractivity contribution in [2.75, 3.05) is 0 Å². The summed E-state index contributed by atoms with van der Waals surface area (Å²) in [6.07, 6.45) is 1.10. The first-order valence-electron chi connectivity index (χ1n) is 12.6. The first kappa shape index (κ1) is 19.2. The summed E-state index contributed by atoms with van der Waals surface area (Å²) in [7, 11) is 0. The van der Waals surface area contributed by atoms with Gasteiger partial charge in [0.1, 0.15) is 0 Å². The van der Waals surface area contributed by atoms with E-state index in [0.29, 0.717) is 5.92 Å². The van der Waals surface area contributed by atoms with Gasteiger partial charge in [0.25, 0.3) is 0 Å². The minimum Gasteiger partial charge on any atom is -0.0616 e. The van der Waals surface area contributed by atoms with E-state index in [-0.39, 0.29) is 0 Å². The van der Waals surface area contributed by atoms with Gasteiger partial charge in [-0.05, 0) is 89.2 Å². The molecule has 2 aliphatic rings. The zero-order valence-electron chi connectivity index (χ0n) is 19.7. The van der Waals surface area contributed by atoms with Gasteiger partial charge in [0.15, 0.2) is 0 Å². The largest absolute Gasteiger partial charge is 0.0616 e. The van der Waals surface area contributed by atoms with E-state index in [0.717, 1.165) is 6.42 Å². The van der Waals surface area contributed by atoms with Crippen LogP contribution in [0.3, 0.4) is 0 Å². The third kappa shape index (κ3) is 2.52. The molecular weight excluding hydrogens is 420 g/mol. The van der Waals surface area contributed by atoms with Crippen molar-refractivity contribution >= 4 is 43.5 Å². The molecule has 0 fully saturated rings. The first-order chi connectivity index (χ1) is 17.3. The van der Waals surface area contributed by atoms with Crippen LogP contribution in [0.2, 0.25) is 0 Å². The Kier molecular flexibility index (Phi) is 3.80. The molecule has 0 amide bonds. The zero-order chi connectivity index (χ0) is 23.1. The second-order valence-electron chi connectivity index (χ2n) is 10.1. The van der Waals surface area contributed by atoms with E-state index in [1.807, 2.05) is 0 Å². The molecule has 164 valence electrons. The zero-order valence-corrected chi connectivity index (χ0v) is 19.7. The van der Waals surface area contributed by atoms with Crippen LogP contribution in [0, 0.1) is 5.92 Å². The molecule has 6 aromatic carbocycles. The minimum absolute atomic E-state index is 0.475. The molecule has 0 radical (unpaired) electrons. The molecule has 0 N–H and O–H groups in total. The van der Waals surface area contributed by atoms with Crippen molar-refractivity contribution in [2.45, 2.75) is 13.3 Å². The van der Waals surface area contributed by atoms with Crippen LogP contribution < -0.4 is 0 Å². The Morgan fingerprint density at radius 1 is 0.486 bits per heavy atom. The van der Waals surface area contributed by atoms with Gasteiger partial charge >= 0.3 is 0 Å². The van der Waals surface area contributed by atoms with Crippen molar-refractivity contribution in [1.82, 2.24) is 0 Å². The lowest BCUT2D eigenvalue weighted by Gasteiger charge is -2.16. The average Bonchev–Trinajstić information content (AvgIpc) is 3.42. The molecule has 0 spiro atoms. The van der Waals surface area contributed by atoms with E-state index in [2.05, 4.69) is 116 Å². The van der Waals surface area contributed by atoms with Crippen molar-refractivity contribution in [1.29, 1.82) is 0 Å². The molecule has 8 rings (SSSR count). The van der Waals surface area contributed by atoms with Crippen LogP contribution >= 0.6 is 0 Å². The predicted molar refractivity (Wildman–Crippen MR) is 150 cm³/mol. The molecule has 0 bridgehead atoms. The van der Waals surface area contributed by atoms with Crippen LogP contribution in [-0.2, 0) is 6.42 Å². The summed E-state index contributed by atoms with van der Waals surface area (Å²) in [5.41, 5.74) is 11.5. The Bertz CT molecular complexity index is 1800. The minimum atomic E-state index is 0.475. The Balaban J connectivity index is 1.59. The molecule has 0 heteroatoms. The molecule has 0 saturated heterocycles. The van der Waals surface area contributed by atoms with Crippen LogP contribution in [0.25, 0.3) is 54.6 Å². The number of hydrogen-bond donors (Lipinski definition) is 0. The standard InChI is InChI=1S/C35H24/c1-21-20-25-15-14-22-8-2-5-11-26(22)32(25)31(21)35-29-18-16-23-9-3-6-12-27(23)33(29)34-28-13-7-4-10-24(28)17-19-30(34)35/h2-19,21H,20H2,1H3/t21-/m1/s1. The number of allylic oxidation sites excluding steroid dienone is 1. The van der Waals surface area contributed by atoms with Gasteiger partial charge in [0.05, 0.1) is 0 Å². The lowest BCUT2D eigenvalue weighted by molar-refractivity contribution is 0.782. The van der Waals surface area contributed by atoms with Crippen molar-refractivity contribution < 1.29 is 0 Å². The van der Waals surface area contributed by atoms with Crippen LogP contribution in [0.4, 0.5) is 0 Å². The van der Waals surface area contributed by atoms with Crippen molar-refractivity contribution in [3.8, 4) is 11.1 Å². The van der Waals surface area contributed by atoms with E-state index >= 15 is 0 Å². The summed E-state index contributed by atoms with van der Waals surface area (Å²) in [4.78, 5) is 0. The first-order valence-corrected chi connectivity index (χ1v) is 12.6. The van der Waals surface area contributed by atoms with Crippen LogP contribution in [0.5, 0.6) is 0 Å². The van der Waals surface area contributed by atoms with Crippen molar-refractivity contribution in [3.05, 3.63) is 131 Å². The maximum atomic E-state index is 2.41. The monoisotopic (exact) mass is 444 g/mol. The Morgan fingerprint density at radius 3 is 1.49 bits per heavy atom. The number of rotatable bonds is 0. The van der Waals surface area contributed by atoms with E-state index in [1.54, 1.807) is 0 Å². The smallest absolute Gasteiger partial charge is 0.00140 e. The van der Waals surface area contributed by atoms with E-state index in [1.165, 1.54) is 76.8 Å². The Hall–Kier alpha value is -4.16. The molecule has 6 aromatic rings. The summed E-state index contributed by atoms with van der Waals surface area (Å²) in [5.74, 6) is 0.475. The summed E-state index contributed by atoms with van der Waals surface area (Å²) in [5, 5.41) is 8.02. The molecule has 0 nitrogen and oxygen atoms in total. The van der Waals surface area contributed by atoms with Gasteiger partial charge in [-0.25, -0.2) is 0 Å². The topological polar surface area (TPSA) is 0 Å². The van der Waals surface area contributed by atoms with Gasteiger partial charge in [0.2, 0.25) is 0 Å². The van der Waals surface area contributed by atoms with Gasteiger partial charge in [-0.3, -0.25) is 0 Å². The predicted octanol–water partition coefficient (Wildman–Crippen LogP) is 9.28. The fourth-order valence-corrected chi connectivity index (χ4v) is 6.79. The lowest BCUT2D eigenvalue weighted by Crippen LogP contribution is -1.97. The molecule has 0 aromatic heterocycles. The van der Waals surface area contributed by atoms with E-state index in [9.17, 15) is 0 Å². The molecule has 35 heavy (non-hydrogen) atoms. The highest BCUT2D eigenvalue weighted by Crippen LogP contribution is 2.56. The van der Waals surface area contributed by atoms with Crippen LogP contribution in [-0.4, -0.2) is 0 Å². The second kappa shape index (κ2) is 6.93. The molecule has 2 aliphatic carbocycles. The maximum absolute atomic E-state index is 2.41. The third-order valence-electron chi connectivity index (χ3n) is 8.22. The molecule has 1 atom stereocenters. The third-order valence-corrected chi connectivity index (χ3v) is 8.22. The highest BCUT2D eigenvalue weighted by atomic mass is 14.4. The normalized spacial score (nSPS) is 16.2. The molecule has 0 saturated carbocycles. The van der Waals surface area contributed by atoms with Gasteiger partial charge < -0.3 is 0 Å². The summed E-state index contributed by atoms with van der Waals surface area (Å²) >= 11 is 0. The van der Waals surface area contributed by atoms with E-state index in [4.69, 9.17) is 0 Å². The van der Waals surface area contributed by atoms with Crippen molar-refractivity contribution in [2.24, 2.45) is 5.92 Å². The SMILES string of the molecule is C[C@@H]1Cc2ccc3ccccc3c2C1=C1c2ccc3ccccc3c2-c2c1ccc1ccccc21. The fraction of sp³-hybridized carbons (Fsp3) is 0.0857. The highest BCUT2D eigenvalue weighted by Gasteiger charge is 2.35. The van der Waals surface area contributed by atoms with Gasteiger partial charge in [-0.2, -0.15) is 0 Å².